The second-order valence-corrected chi connectivity index (χ2v) is 12.5. The Bertz CT molecular complexity index is 1770. The van der Waals surface area contributed by atoms with Crippen molar-refractivity contribution in [3.8, 4) is 5.75 Å². The van der Waals surface area contributed by atoms with Crippen LogP contribution in [0.2, 0.25) is 0 Å². The maximum atomic E-state index is 14.4. The minimum atomic E-state index is -1.76. The first-order chi connectivity index (χ1) is 21.0. The van der Waals surface area contributed by atoms with Crippen molar-refractivity contribution in [3.05, 3.63) is 95.6 Å². The molecule has 2 saturated heterocycles. The van der Waals surface area contributed by atoms with Crippen LogP contribution in [-0.4, -0.2) is 45.9 Å². The van der Waals surface area contributed by atoms with Gasteiger partial charge in [0.1, 0.15) is 5.75 Å². The zero-order valence-electron chi connectivity index (χ0n) is 24.3. The fourth-order valence-corrected chi connectivity index (χ4v) is 8.16. The second kappa shape index (κ2) is 10.0. The molecule has 3 N–H and O–H groups in total. The van der Waals surface area contributed by atoms with E-state index >= 15 is 0 Å². The normalized spacial score (nSPS) is 29.4. The maximum absolute atomic E-state index is 14.4. The standard InChI is InChI=1S/C34H31BN2O7/c1-18-15-19(11-14-27(18)38)29-23-12-13-24-28(32(41)36(30(24)39)22-10-6-7-20(16-22)35(43)44)25(23)17-26-31(40)37(33(42)34(26,29)2)21-8-4-3-5-9-21/h3-12,14-16,24-26,28-29,38,43-44H,13,17H2,1-2H3/t24-,25+,26-,28-,29-,34+/m0/s1. The molecule has 0 unspecified atom stereocenters. The lowest BCUT2D eigenvalue weighted by atomic mass is 9.51. The van der Waals surface area contributed by atoms with Gasteiger partial charge in [-0.2, -0.15) is 0 Å². The zero-order valence-corrected chi connectivity index (χ0v) is 24.3. The maximum Gasteiger partial charge on any atom is 0.488 e. The van der Waals surface area contributed by atoms with Gasteiger partial charge in [-0.25, -0.2) is 4.90 Å². The number of hydrogen-bond donors (Lipinski definition) is 3. The molecule has 0 radical (unpaired) electrons. The number of carbonyl (C=O) groups is 4. The predicted octanol–water partition coefficient (Wildman–Crippen LogP) is 2.82. The van der Waals surface area contributed by atoms with E-state index in [1.165, 1.54) is 17.0 Å². The molecular formula is C34H31BN2O7. The molecule has 6 atom stereocenters. The molecule has 3 aromatic rings. The quantitative estimate of drug-likeness (QED) is 0.242. The summed E-state index contributed by atoms with van der Waals surface area (Å²) in [6, 6.07) is 20.1. The number of para-hydroxylation sites is 1. The van der Waals surface area contributed by atoms with Gasteiger partial charge in [0.15, 0.2) is 0 Å². The van der Waals surface area contributed by atoms with Crippen LogP contribution in [0.15, 0.2) is 84.4 Å². The molecule has 7 rings (SSSR count). The van der Waals surface area contributed by atoms with Crippen LogP contribution < -0.4 is 15.3 Å². The smallest absolute Gasteiger partial charge is 0.488 e. The Morgan fingerprint density at radius 1 is 0.818 bits per heavy atom. The zero-order chi connectivity index (χ0) is 31.1. The molecule has 1 saturated carbocycles. The number of aromatic hydroxyl groups is 1. The molecule has 3 fully saturated rings. The van der Waals surface area contributed by atoms with Crippen molar-refractivity contribution in [2.45, 2.75) is 32.6 Å². The first kappa shape index (κ1) is 28.2. The topological polar surface area (TPSA) is 135 Å². The van der Waals surface area contributed by atoms with Crippen molar-refractivity contribution >= 4 is 47.6 Å². The number of amides is 4. The van der Waals surface area contributed by atoms with E-state index in [0.29, 0.717) is 17.7 Å². The molecule has 2 aliphatic heterocycles. The third-order valence-corrected chi connectivity index (χ3v) is 10.3. The number of imide groups is 2. The van der Waals surface area contributed by atoms with Gasteiger partial charge < -0.3 is 15.2 Å². The van der Waals surface area contributed by atoms with Gasteiger partial charge in [-0.15, -0.1) is 0 Å². The largest absolute Gasteiger partial charge is 0.508 e. The van der Waals surface area contributed by atoms with Gasteiger partial charge in [0.05, 0.1) is 34.5 Å². The van der Waals surface area contributed by atoms with Gasteiger partial charge in [-0.1, -0.05) is 54.1 Å². The highest BCUT2D eigenvalue weighted by Crippen LogP contribution is 2.63. The molecule has 9 nitrogen and oxygen atoms in total. The van der Waals surface area contributed by atoms with E-state index in [1.54, 1.807) is 55.5 Å². The highest BCUT2D eigenvalue weighted by molar-refractivity contribution is 6.58. The molecule has 4 amide bonds. The van der Waals surface area contributed by atoms with Gasteiger partial charge >= 0.3 is 7.12 Å². The number of rotatable bonds is 4. The van der Waals surface area contributed by atoms with Crippen LogP contribution in [0.25, 0.3) is 0 Å². The molecule has 3 aromatic carbocycles. The second-order valence-electron chi connectivity index (χ2n) is 12.5. The Morgan fingerprint density at radius 3 is 2.25 bits per heavy atom. The number of fused-ring (bicyclic) bond motifs is 4. The summed E-state index contributed by atoms with van der Waals surface area (Å²) in [6.45, 7) is 3.60. The van der Waals surface area contributed by atoms with E-state index in [0.717, 1.165) is 16.0 Å². The number of aryl methyl sites for hydroxylation is 1. The third-order valence-electron chi connectivity index (χ3n) is 10.3. The summed E-state index contributed by atoms with van der Waals surface area (Å²) >= 11 is 0. The minimum Gasteiger partial charge on any atom is -0.508 e. The summed E-state index contributed by atoms with van der Waals surface area (Å²) in [5.41, 5.74) is 1.98. The number of hydrogen-bond acceptors (Lipinski definition) is 7. The fraction of sp³-hybridized carbons (Fsp3) is 0.294. The molecule has 44 heavy (non-hydrogen) atoms. The van der Waals surface area contributed by atoms with Crippen molar-refractivity contribution < 1.29 is 34.3 Å². The lowest BCUT2D eigenvalue weighted by Gasteiger charge is -2.49. The summed E-state index contributed by atoms with van der Waals surface area (Å²) in [4.78, 5) is 59.0. The summed E-state index contributed by atoms with van der Waals surface area (Å²) in [6.07, 6.45) is 2.50. The van der Waals surface area contributed by atoms with E-state index < -0.39 is 48.0 Å². The van der Waals surface area contributed by atoms with Gasteiger partial charge in [-0.3, -0.25) is 24.1 Å². The molecule has 0 spiro atoms. The summed E-state index contributed by atoms with van der Waals surface area (Å²) in [5, 5.41) is 29.7. The highest BCUT2D eigenvalue weighted by Gasteiger charge is 2.67. The van der Waals surface area contributed by atoms with Crippen molar-refractivity contribution in [1.82, 2.24) is 0 Å². The van der Waals surface area contributed by atoms with Gasteiger partial charge in [0.2, 0.25) is 23.6 Å². The van der Waals surface area contributed by atoms with Gasteiger partial charge in [-0.05, 0) is 79.5 Å². The molecule has 2 heterocycles. The number of anilines is 2. The molecule has 10 heteroatoms. The van der Waals surface area contributed by atoms with Crippen molar-refractivity contribution in [2.75, 3.05) is 9.80 Å². The summed E-state index contributed by atoms with van der Waals surface area (Å²) < 4.78 is 0. The number of allylic oxidation sites excluding steroid dienone is 2. The Labute approximate surface area is 254 Å². The van der Waals surface area contributed by atoms with Gasteiger partial charge in [0, 0.05) is 5.92 Å². The van der Waals surface area contributed by atoms with Crippen molar-refractivity contribution in [1.29, 1.82) is 0 Å². The molecule has 4 aliphatic rings. The first-order valence-electron chi connectivity index (χ1n) is 14.8. The minimum absolute atomic E-state index is 0.114. The van der Waals surface area contributed by atoms with E-state index in [-0.39, 0.29) is 41.0 Å². The van der Waals surface area contributed by atoms with Crippen LogP contribution in [0.5, 0.6) is 5.75 Å². The number of phenolic OH excluding ortho intramolecular Hbond substituents is 1. The van der Waals surface area contributed by atoms with Crippen LogP contribution in [-0.2, 0) is 19.2 Å². The number of benzene rings is 3. The number of carbonyl (C=O) groups excluding carboxylic acids is 4. The van der Waals surface area contributed by atoms with E-state index in [1.807, 2.05) is 25.1 Å². The molecule has 222 valence electrons. The SMILES string of the molecule is Cc1cc([C@H]2C3=CC[C@@H]4C(=O)N(c5cccc(B(O)O)c5)C(=O)[C@@H]4[C@@H]3C[C@H]3C(=O)N(c4ccccc4)C(=O)[C@@]23C)ccc1O. The Morgan fingerprint density at radius 2 is 1.55 bits per heavy atom. The van der Waals surface area contributed by atoms with Crippen LogP contribution in [0.4, 0.5) is 11.4 Å². The predicted molar refractivity (Wildman–Crippen MR) is 163 cm³/mol. The first-order valence-corrected chi connectivity index (χ1v) is 14.8. The molecule has 0 aromatic heterocycles. The molecular weight excluding hydrogens is 559 g/mol. The van der Waals surface area contributed by atoms with E-state index in [2.05, 4.69) is 0 Å². The lowest BCUT2D eigenvalue weighted by molar-refractivity contribution is -0.131. The van der Waals surface area contributed by atoms with E-state index in [9.17, 15) is 34.3 Å². The Balaban J connectivity index is 1.36. The third kappa shape index (κ3) is 3.87. The van der Waals surface area contributed by atoms with E-state index in [4.69, 9.17) is 0 Å². The monoisotopic (exact) mass is 590 g/mol. The summed E-state index contributed by atoms with van der Waals surface area (Å²) in [7, 11) is -1.76. The van der Waals surface area contributed by atoms with Crippen molar-refractivity contribution in [2.24, 2.45) is 29.1 Å². The van der Waals surface area contributed by atoms with Gasteiger partial charge in [0.25, 0.3) is 0 Å². The number of phenols is 1. The average molecular weight is 590 g/mol. The van der Waals surface area contributed by atoms with Crippen LogP contribution >= 0.6 is 0 Å². The Kier molecular flexibility index (Phi) is 6.42. The number of nitrogens with zero attached hydrogens (tertiary/aromatic N) is 2. The Hall–Kier alpha value is -4.54. The van der Waals surface area contributed by atoms with Crippen molar-refractivity contribution in [3.63, 3.8) is 0 Å². The lowest BCUT2D eigenvalue weighted by Crippen LogP contribution is -2.48. The van der Waals surface area contributed by atoms with Crippen LogP contribution in [0.1, 0.15) is 36.8 Å². The molecule has 0 bridgehead atoms. The average Bonchev–Trinajstić information content (AvgIpc) is 3.38. The summed E-state index contributed by atoms with van der Waals surface area (Å²) in [5.74, 6) is -4.50. The van der Waals surface area contributed by atoms with Crippen LogP contribution in [0.3, 0.4) is 0 Å². The highest BCUT2D eigenvalue weighted by atomic mass is 16.4. The molecule has 2 aliphatic carbocycles. The van der Waals surface area contributed by atoms with Crippen LogP contribution in [0, 0.1) is 36.0 Å². The fourth-order valence-electron chi connectivity index (χ4n) is 8.16.